The Morgan fingerprint density at radius 3 is 2.49 bits per heavy atom. The molecule has 1 amide bonds. The lowest BCUT2D eigenvalue weighted by atomic mass is 9.79. The highest BCUT2D eigenvalue weighted by Gasteiger charge is 2.44. The molecule has 216 valence electrons. The van der Waals surface area contributed by atoms with Crippen molar-refractivity contribution < 1.29 is 23.8 Å². The molecular formula is C31H33ClN2O5S2. The van der Waals surface area contributed by atoms with Crippen LogP contribution in [0.3, 0.4) is 0 Å². The molecule has 1 unspecified atom stereocenters. The predicted molar refractivity (Wildman–Crippen MR) is 164 cm³/mol. The average molecular weight is 613 g/mol. The monoisotopic (exact) mass is 612 g/mol. The second kappa shape index (κ2) is 12.5. The molecule has 7 nitrogen and oxygen atoms in total. The topological polar surface area (TPSA) is 77.1 Å². The zero-order valence-electron chi connectivity index (χ0n) is 23.3. The molecule has 3 heterocycles. The maximum atomic E-state index is 13.9. The van der Waals surface area contributed by atoms with Crippen molar-refractivity contribution >= 4 is 52.4 Å². The summed E-state index contributed by atoms with van der Waals surface area (Å²) in [4.78, 5) is 30.1. The predicted octanol–water partition coefficient (Wildman–Crippen LogP) is 7.20. The lowest BCUT2D eigenvalue weighted by Gasteiger charge is -2.39. The number of hydrogen-bond donors (Lipinski definition) is 1. The first-order valence-electron chi connectivity index (χ1n) is 13.4. The van der Waals surface area contributed by atoms with E-state index in [1.165, 1.54) is 11.8 Å². The Balaban J connectivity index is 1.53. The van der Waals surface area contributed by atoms with E-state index in [0.29, 0.717) is 23.1 Å². The fourth-order valence-electron chi connectivity index (χ4n) is 4.77. The molecule has 5 rings (SSSR count). The number of morpholine rings is 1. The van der Waals surface area contributed by atoms with E-state index in [9.17, 15) is 9.59 Å². The van der Waals surface area contributed by atoms with Gasteiger partial charge in [0.1, 0.15) is 10.7 Å². The minimum atomic E-state index is -0.954. The van der Waals surface area contributed by atoms with Crippen LogP contribution in [0.1, 0.15) is 38.3 Å². The summed E-state index contributed by atoms with van der Waals surface area (Å²) in [6, 6.07) is 17.4. The molecule has 2 aliphatic heterocycles. The van der Waals surface area contributed by atoms with E-state index < -0.39 is 11.7 Å². The Kier molecular flexibility index (Phi) is 8.99. The average Bonchev–Trinajstić information content (AvgIpc) is 3.51. The number of thioether (sulfide) groups is 1. The quantitative estimate of drug-likeness (QED) is 0.283. The second-order valence-electron chi connectivity index (χ2n) is 11.2. The zero-order chi connectivity index (χ0) is 29.0. The highest BCUT2D eigenvalue weighted by atomic mass is 35.5. The molecule has 0 saturated carbocycles. The molecule has 0 aliphatic carbocycles. The summed E-state index contributed by atoms with van der Waals surface area (Å²) in [5.41, 5.74) is 1.68. The van der Waals surface area contributed by atoms with Crippen LogP contribution in [-0.2, 0) is 24.5 Å². The molecule has 2 aliphatic rings. The second-order valence-corrected chi connectivity index (χ2v) is 13.4. The number of halogens is 1. The van der Waals surface area contributed by atoms with Crippen molar-refractivity contribution in [3.05, 3.63) is 92.2 Å². The van der Waals surface area contributed by atoms with Gasteiger partial charge in [-0.25, -0.2) is 4.79 Å². The van der Waals surface area contributed by atoms with Gasteiger partial charge < -0.3 is 24.4 Å². The van der Waals surface area contributed by atoms with E-state index in [-0.39, 0.29) is 35.0 Å². The minimum absolute atomic E-state index is 0.178. The van der Waals surface area contributed by atoms with Gasteiger partial charge in [0.05, 0.1) is 30.4 Å². The Morgan fingerprint density at radius 2 is 1.83 bits per heavy atom. The number of carbonyl (C=O) groups is 2. The maximum absolute atomic E-state index is 13.9. The first-order valence-corrected chi connectivity index (χ1v) is 15.6. The lowest BCUT2D eigenvalue weighted by Crippen LogP contribution is -2.50. The van der Waals surface area contributed by atoms with Crippen molar-refractivity contribution in [2.24, 2.45) is 5.41 Å². The van der Waals surface area contributed by atoms with E-state index in [4.69, 9.17) is 25.8 Å². The van der Waals surface area contributed by atoms with E-state index in [2.05, 4.69) is 22.3 Å². The fraction of sp³-hybridized carbons (Fsp3) is 0.355. The summed E-state index contributed by atoms with van der Waals surface area (Å²) in [6.07, 6.45) is -0.632. The van der Waals surface area contributed by atoms with Crippen molar-refractivity contribution in [2.45, 2.75) is 37.6 Å². The molecule has 1 atom stereocenters. The first kappa shape index (κ1) is 29.5. The van der Waals surface area contributed by atoms with Gasteiger partial charge in [-0.05, 0) is 57.6 Å². The summed E-state index contributed by atoms with van der Waals surface area (Å²) >= 11 is 9.15. The number of rotatable bonds is 7. The zero-order valence-corrected chi connectivity index (χ0v) is 25.7. The number of carbonyl (C=O) groups excluding carboxylic acids is 2. The molecule has 1 N–H and O–H groups in total. The van der Waals surface area contributed by atoms with Crippen LogP contribution in [-0.4, -0.2) is 45.0 Å². The Hall–Kier alpha value is -2.98. The third-order valence-electron chi connectivity index (χ3n) is 6.84. The number of amides is 1. The minimum Gasteiger partial charge on any atom is -0.433 e. The van der Waals surface area contributed by atoms with Gasteiger partial charge in [0.15, 0.2) is 0 Å². The molecule has 1 fully saturated rings. The SMILES string of the molecule is CC(C)(C)COC(=O)OC1=C(Sc2ccccc2Cl)C(=O)NC(c2ccc(N3CCOCC3)cc2)(c2ccsc2)C1. The Bertz CT molecular complexity index is 1410. The summed E-state index contributed by atoms with van der Waals surface area (Å²) < 4.78 is 16.8. The molecule has 1 saturated heterocycles. The van der Waals surface area contributed by atoms with Crippen LogP contribution < -0.4 is 10.2 Å². The van der Waals surface area contributed by atoms with E-state index in [1.807, 2.05) is 67.9 Å². The van der Waals surface area contributed by atoms with Crippen molar-refractivity contribution in [1.82, 2.24) is 5.32 Å². The van der Waals surface area contributed by atoms with Crippen LogP contribution in [0.15, 0.2) is 80.9 Å². The van der Waals surface area contributed by atoms with Crippen LogP contribution in [0.2, 0.25) is 5.02 Å². The summed E-state index contributed by atoms with van der Waals surface area (Å²) in [6.45, 7) is 9.12. The molecule has 0 radical (unpaired) electrons. The smallest absolute Gasteiger partial charge is 0.433 e. The molecule has 10 heteroatoms. The summed E-state index contributed by atoms with van der Waals surface area (Å²) in [5, 5.41) is 7.76. The van der Waals surface area contributed by atoms with Gasteiger partial charge in [-0.3, -0.25) is 4.79 Å². The number of nitrogens with one attached hydrogen (secondary N) is 1. The first-order chi connectivity index (χ1) is 19.6. The van der Waals surface area contributed by atoms with Crippen molar-refractivity contribution in [2.75, 3.05) is 37.8 Å². The molecule has 1 aromatic heterocycles. The van der Waals surface area contributed by atoms with Crippen molar-refractivity contribution in [3.8, 4) is 0 Å². The normalized spacial score (nSPS) is 19.6. The van der Waals surface area contributed by atoms with Gasteiger partial charge in [-0.15, -0.1) is 0 Å². The van der Waals surface area contributed by atoms with Gasteiger partial charge in [-0.1, -0.05) is 68.4 Å². The maximum Gasteiger partial charge on any atom is 0.513 e. The van der Waals surface area contributed by atoms with Gasteiger partial charge in [0.2, 0.25) is 0 Å². The number of nitrogens with zero attached hydrogens (tertiary/aromatic N) is 1. The number of anilines is 1. The molecule has 0 spiro atoms. The third-order valence-corrected chi connectivity index (χ3v) is 9.16. The van der Waals surface area contributed by atoms with Crippen molar-refractivity contribution in [1.29, 1.82) is 0 Å². The largest absolute Gasteiger partial charge is 0.513 e. The number of benzene rings is 2. The van der Waals surface area contributed by atoms with Crippen LogP contribution >= 0.6 is 34.7 Å². The third kappa shape index (κ3) is 6.92. The molecule has 3 aromatic rings. The van der Waals surface area contributed by atoms with Crippen molar-refractivity contribution in [3.63, 3.8) is 0 Å². The highest BCUT2D eigenvalue weighted by Crippen LogP contribution is 2.45. The van der Waals surface area contributed by atoms with Crippen LogP contribution in [0.25, 0.3) is 0 Å². The summed E-state index contributed by atoms with van der Waals surface area (Å²) in [7, 11) is 0. The van der Waals surface area contributed by atoms with Gasteiger partial charge in [0, 0.05) is 30.1 Å². The summed E-state index contributed by atoms with van der Waals surface area (Å²) in [5.74, 6) is -0.121. The molecular weight excluding hydrogens is 580 g/mol. The van der Waals surface area contributed by atoms with Gasteiger partial charge in [0.25, 0.3) is 5.91 Å². The Labute approximate surface area is 253 Å². The van der Waals surface area contributed by atoms with Crippen LogP contribution in [0, 0.1) is 5.41 Å². The van der Waals surface area contributed by atoms with Gasteiger partial charge in [-0.2, -0.15) is 11.3 Å². The molecule has 41 heavy (non-hydrogen) atoms. The van der Waals surface area contributed by atoms with Crippen LogP contribution in [0.4, 0.5) is 10.5 Å². The number of ether oxygens (including phenoxy) is 3. The fourth-order valence-corrected chi connectivity index (χ4v) is 6.66. The number of thiophene rings is 1. The van der Waals surface area contributed by atoms with Gasteiger partial charge >= 0.3 is 6.16 Å². The lowest BCUT2D eigenvalue weighted by molar-refractivity contribution is -0.119. The Morgan fingerprint density at radius 1 is 1.10 bits per heavy atom. The van der Waals surface area contributed by atoms with E-state index in [0.717, 1.165) is 29.9 Å². The van der Waals surface area contributed by atoms with E-state index >= 15 is 0 Å². The standard InChI is InChI=1S/C31H33ClN2O5S2/c1-30(2,3)20-38-29(36)39-25-18-31(22-12-17-40-19-22,21-8-10-23(11-9-21)34-13-15-37-16-14-34)33-28(35)27(25)41-26-7-5-4-6-24(26)32/h4-12,17,19H,13-16,18,20H2,1-3H3,(H,33,35). The van der Waals surface area contributed by atoms with Crippen LogP contribution in [0.5, 0.6) is 0 Å². The number of hydrogen-bond acceptors (Lipinski definition) is 8. The molecule has 2 aromatic carbocycles. The highest BCUT2D eigenvalue weighted by molar-refractivity contribution is 8.04. The molecule has 0 bridgehead atoms. The van der Waals surface area contributed by atoms with E-state index in [1.54, 1.807) is 17.4 Å².